The van der Waals surface area contributed by atoms with Gasteiger partial charge in [-0.2, -0.15) is 0 Å². The van der Waals surface area contributed by atoms with Gasteiger partial charge >= 0.3 is 0 Å². The van der Waals surface area contributed by atoms with E-state index < -0.39 is 5.79 Å². The van der Waals surface area contributed by atoms with E-state index in [4.69, 9.17) is 33.9 Å². The first kappa shape index (κ1) is 19.3. The van der Waals surface area contributed by atoms with Gasteiger partial charge in [-0.25, -0.2) is 4.99 Å². The molecule has 7 heteroatoms. The molecule has 5 N–H and O–H groups in total. The van der Waals surface area contributed by atoms with Crippen LogP contribution in [0.2, 0.25) is 10.0 Å². The molecule has 0 amide bonds. The summed E-state index contributed by atoms with van der Waals surface area (Å²) in [5, 5.41) is 11.3. The molecular formula is C21H23Cl2N5. The zero-order valence-electron chi connectivity index (χ0n) is 15.4. The maximum Gasteiger partial charge on any atom is 0.211 e. The van der Waals surface area contributed by atoms with Gasteiger partial charge < -0.3 is 16.0 Å². The van der Waals surface area contributed by atoms with Crippen molar-refractivity contribution in [3.8, 4) is 0 Å². The Morgan fingerprint density at radius 1 is 1.04 bits per heavy atom. The van der Waals surface area contributed by atoms with Crippen LogP contribution in [0, 0.1) is 0 Å². The fourth-order valence-electron chi connectivity index (χ4n) is 3.55. The Bertz CT molecular complexity index is 886. The van der Waals surface area contributed by atoms with Gasteiger partial charge in [0.2, 0.25) is 5.79 Å². The summed E-state index contributed by atoms with van der Waals surface area (Å²) >= 11 is 12.4. The highest BCUT2D eigenvalue weighted by atomic mass is 35.5. The van der Waals surface area contributed by atoms with Crippen LogP contribution >= 0.6 is 23.2 Å². The first-order valence-corrected chi connectivity index (χ1v) is 10.2. The van der Waals surface area contributed by atoms with Gasteiger partial charge in [0.15, 0.2) is 0 Å². The normalized spacial score (nSPS) is 22.8. The van der Waals surface area contributed by atoms with Crippen molar-refractivity contribution in [3.63, 3.8) is 0 Å². The lowest BCUT2D eigenvalue weighted by molar-refractivity contribution is 0.398. The van der Waals surface area contributed by atoms with Gasteiger partial charge in [-0.05, 0) is 49.7 Å². The van der Waals surface area contributed by atoms with Crippen LogP contribution in [-0.2, 0) is 5.79 Å². The highest BCUT2D eigenvalue weighted by Crippen LogP contribution is 2.30. The molecule has 0 bridgehead atoms. The molecule has 2 aromatic carbocycles. The maximum absolute atomic E-state index is 6.64. The van der Waals surface area contributed by atoms with Crippen molar-refractivity contribution in [1.29, 1.82) is 0 Å². The van der Waals surface area contributed by atoms with Crippen LogP contribution in [0.4, 0.5) is 0 Å². The second-order valence-corrected chi connectivity index (χ2v) is 7.99. The Labute approximate surface area is 175 Å². The average Bonchev–Trinajstić information content (AvgIpc) is 2.69. The molecule has 146 valence electrons. The molecule has 0 aliphatic carbocycles. The highest BCUT2D eigenvalue weighted by Gasteiger charge is 2.32. The molecule has 0 spiro atoms. The van der Waals surface area contributed by atoms with Gasteiger partial charge in [0.1, 0.15) is 5.84 Å². The SMILES string of the molecule is NC1(c2cc(Cl)cc(Cl)c2)N=C(NC2CCNCC2)C(c2ccccc2)=CN1. The summed E-state index contributed by atoms with van der Waals surface area (Å²) in [5.74, 6) is -0.377. The number of nitrogens with zero attached hydrogens (tertiary/aromatic N) is 1. The van der Waals surface area contributed by atoms with Crippen LogP contribution in [0.5, 0.6) is 0 Å². The maximum atomic E-state index is 6.64. The van der Waals surface area contributed by atoms with Gasteiger partial charge in [-0.3, -0.25) is 5.73 Å². The van der Waals surface area contributed by atoms with Gasteiger partial charge in [0.05, 0.1) is 0 Å². The Balaban J connectivity index is 1.71. The largest absolute Gasteiger partial charge is 0.367 e. The van der Waals surface area contributed by atoms with Crippen molar-refractivity contribution in [1.82, 2.24) is 16.0 Å². The van der Waals surface area contributed by atoms with E-state index in [1.165, 1.54) is 0 Å². The molecule has 2 aliphatic rings. The number of hydrogen-bond acceptors (Lipinski definition) is 5. The van der Waals surface area contributed by atoms with Crippen molar-refractivity contribution >= 4 is 34.6 Å². The second-order valence-electron chi connectivity index (χ2n) is 7.12. The fourth-order valence-corrected chi connectivity index (χ4v) is 4.07. The van der Waals surface area contributed by atoms with E-state index in [1.807, 2.05) is 24.4 Å². The molecule has 0 aromatic heterocycles. The van der Waals surface area contributed by atoms with Crippen LogP contribution < -0.4 is 21.7 Å². The van der Waals surface area contributed by atoms with Crippen molar-refractivity contribution < 1.29 is 0 Å². The van der Waals surface area contributed by atoms with E-state index in [0.717, 1.165) is 42.9 Å². The van der Waals surface area contributed by atoms with Crippen molar-refractivity contribution in [2.24, 2.45) is 10.7 Å². The van der Waals surface area contributed by atoms with Gasteiger partial charge in [-0.15, -0.1) is 0 Å². The van der Waals surface area contributed by atoms with Crippen molar-refractivity contribution in [2.45, 2.75) is 24.7 Å². The van der Waals surface area contributed by atoms with Crippen LogP contribution in [-0.4, -0.2) is 25.0 Å². The number of amidine groups is 1. The van der Waals surface area contributed by atoms with Gasteiger partial charge in [0, 0.05) is 33.4 Å². The lowest BCUT2D eigenvalue weighted by Crippen LogP contribution is -2.52. The van der Waals surface area contributed by atoms with E-state index >= 15 is 0 Å². The quantitative estimate of drug-likeness (QED) is 0.619. The van der Waals surface area contributed by atoms with Crippen LogP contribution in [0.25, 0.3) is 5.57 Å². The fraction of sp³-hybridized carbons (Fsp3) is 0.286. The number of halogens is 2. The Morgan fingerprint density at radius 2 is 1.71 bits per heavy atom. The summed E-state index contributed by atoms with van der Waals surface area (Å²) in [5.41, 5.74) is 9.40. The van der Waals surface area contributed by atoms with E-state index in [-0.39, 0.29) is 0 Å². The molecule has 1 fully saturated rings. The number of benzene rings is 2. The summed E-state index contributed by atoms with van der Waals surface area (Å²) < 4.78 is 0. The Kier molecular flexibility index (Phi) is 5.60. The summed E-state index contributed by atoms with van der Waals surface area (Å²) in [6.45, 7) is 1.98. The van der Waals surface area contributed by atoms with Gasteiger partial charge in [0.25, 0.3) is 0 Å². The first-order valence-electron chi connectivity index (χ1n) is 9.40. The molecule has 1 saturated heterocycles. The van der Waals surface area contributed by atoms with E-state index in [2.05, 4.69) is 28.1 Å². The molecule has 2 heterocycles. The number of rotatable bonds is 3. The summed E-state index contributed by atoms with van der Waals surface area (Å²) in [7, 11) is 0. The highest BCUT2D eigenvalue weighted by molar-refractivity contribution is 6.34. The second kappa shape index (κ2) is 8.13. The average molecular weight is 416 g/mol. The molecule has 1 unspecified atom stereocenters. The van der Waals surface area contributed by atoms with E-state index in [1.54, 1.807) is 18.2 Å². The summed E-state index contributed by atoms with van der Waals surface area (Å²) in [4.78, 5) is 4.88. The lowest BCUT2D eigenvalue weighted by atomic mass is 10.00. The van der Waals surface area contributed by atoms with E-state index in [9.17, 15) is 0 Å². The first-order chi connectivity index (χ1) is 13.5. The summed E-state index contributed by atoms with van der Waals surface area (Å²) in [6.07, 6.45) is 3.99. The molecular weight excluding hydrogens is 393 g/mol. The molecule has 28 heavy (non-hydrogen) atoms. The number of piperidine rings is 1. The molecule has 0 saturated carbocycles. The predicted molar refractivity (Wildman–Crippen MR) is 116 cm³/mol. The number of nitrogens with one attached hydrogen (secondary N) is 3. The third-order valence-electron chi connectivity index (χ3n) is 5.05. The molecule has 2 aromatic rings. The number of nitrogens with two attached hydrogens (primary N) is 1. The third-order valence-corrected chi connectivity index (χ3v) is 5.48. The zero-order valence-corrected chi connectivity index (χ0v) is 16.9. The van der Waals surface area contributed by atoms with Crippen LogP contribution in [0.15, 0.2) is 59.7 Å². The van der Waals surface area contributed by atoms with Crippen molar-refractivity contribution in [2.75, 3.05) is 13.1 Å². The van der Waals surface area contributed by atoms with Crippen molar-refractivity contribution in [3.05, 3.63) is 75.9 Å². The third kappa shape index (κ3) is 4.18. The standard InChI is InChI=1S/C21H23Cl2N5/c22-16-10-15(11-17(23)12-16)21(24)26-13-19(14-4-2-1-3-5-14)20(28-21)27-18-6-8-25-9-7-18/h1-5,10-13,18,25-26H,6-9,24H2,(H,27,28). The molecule has 4 rings (SSSR count). The molecule has 5 nitrogen and oxygen atoms in total. The number of aliphatic imine (C=N–C) groups is 1. The van der Waals surface area contributed by atoms with Crippen LogP contribution in [0.1, 0.15) is 24.0 Å². The topological polar surface area (TPSA) is 74.5 Å². The molecule has 0 radical (unpaired) electrons. The zero-order chi connectivity index (χ0) is 19.6. The smallest absolute Gasteiger partial charge is 0.211 e. The minimum atomic E-state index is -1.15. The van der Waals surface area contributed by atoms with Gasteiger partial charge in [-0.1, -0.05) is 53.5 Å². The lowest BCUT2D eigenvalue weighted by Gasteiger charge is -2.34. The molecule has 2 aliphatic heterocycles. The van der Waals surface area contributed by atoms with E-state index in [0.29, 0.717) is 21.7 Å². The summed E-state index contributed by atoms with van der Waals surface area (Å²) in [6, 6.07) is 15.7. The number of hydrogen-bond donors (Lipinski definition) is 4. The molecule has 1 atom stereocenters. The minimum Gasteiger partial charge on any atom is -0.367 e. The minimum absolute atomic E-state index is 0.345. The Morgan fingerprint density at radius 3 is 2.39 bits per heavy atom. The Hall–Kier alpha value is -2.05. The monoisotopic (exact) mass is 415 g/mol. The predicted octanol–water partition coefficient (Wildman–Crippen LogP) is 3.45. The van der Waals surface area contributed by atoms with Crippen LogP contribution in [0.3, 0.4) is 0 Å².